The molecule has 1 aromatic heterocycles. The number of primary amides is 1. The van der Waals surface area contributed by atoms with Gasteiger partial charge in [0.15, 0.2) is 11.0 Å². The smallest absolute Gasteiger partial charge is 0.245 e. The molecule has 0 radical (unpaired) electrons. The molecule has 1 aromatic rings. The summed E-state index contributed by atoms with van der Waals surface area (Å²) in [7, 11) is 0. The summed E-state index contributed by atoms with van der Waals surface area (Å²) in [6.45, 7) is 1.07. The largest absolute Gasteiger partial charge is 0.377 e. The Hall–Kier alpha value is -1.18. The van der Waals surface area contributed by atoms with E-state index in [1.165, 1.54) is 0 Å². The second-order valence-electron chi connectivity index (χ2n) is 3.38. The third kappa shape index (κ3) is 2.56. The SMILES string of the molecule is NC(=O)C1COCCN1c1nc(Cl)nnc1Cl. The normalized spacial score (nSPS) is 20.4. The fraction of sp³-hybridized carbons (Fsp3) is 0.500. The highest BCUT2D eigenvalue weighted by Gasteiger charge is 2.30. The lowest BCUT2D eigenvalue weighted by atomic mass is 10.2. The highest BCUT2D eigenvalue weighted by atomic mass is 35.5. The van der Waals surface area contributed by atoms with Crippen LogP contribution in [0.15, 0.2) is 0 Å². The van der Waals surface area contributed by atoms with E-state index in [9.17, 15) is 4.79 Å². The van der Waals surface area contributed by atoms with Gasteiger partial charge in [0.2, 0.25) is 11.2 Å². The van der Waals surface area contributed by atoms with Crippen LogP contribution >= 0.6 is 23.2 Å². The molecule has 1 aliphatic heterocycles. The lowest BCUT2D eigenvalue weighted by molar-refractivity contribution is -0.121. The summed E-state index contributed by atoms with van der Waals surface area (Å²) in [6.07, 6.45) is 0. The summed E-state index contributed by atoms with van der Waals surface area (Å²) in [6, 6.07) is -0.631. The molecule has 1 unspecified atom stereocenters. The van der Waals surface area contributed by atoms with Gasteiger partial charge in [0.1, 0.15) is 6.04 Å². The topological polar surface area (TPSA) is 94.2 Å². The van der Waals surface area contributed by atoms with Crippen LogP contribution in [-0.4, -0.2) is 46.9 Å². The van der Waals surface area contributed by atoms with Gasteiger partial charge in [-0.25, -0.2) is 0 Å². The van der Waals surface area contributed by atoms with Crippen molar-refractivity contribution < 1.29 is 9.53 Å². The van der Waals surface area contributed by atoms with Crippen LogP contribution in [0, 0.1) is 0 Å². The van der Waals surface area contributed by atoms with Crippen LogP contribution in [-0.2, 0) is 9.53 Å². The van der Waals surface area contributed by atoms with Gasteiger partial charge in [-0.05, 0) is 11.6 Å². The summed E-state index contributed by atoms with van der Waals surface area (Å²) < 4.78 is 5.18. The van der Waals surface area contributed by atoms with Crippen molar-refractivity contribution in [1.29, 1.82) is 0 Å². The summed E-state index contributed by atoms with van der Waals surface area (Å²) in [5.74, 6) is -0.228. The predicted molar refractivity (Wildman–Crippen MR) is 61.0 cm³/mol. The minimum Gasteiger partial charge on any atom is -0.377 e. The van der Waals surface area contributed by atoms with Crippen LogP contribution in [0.2, 0.25) is 10.4 Å². The van der Waals surface area contributed by atoms with Gasteiger partial charge < -0.3 is 15.4 Å². The number of nitrogens with two attached hydrogens (primary N) is 1. The predicted octanol–water partition coefficient (Wildman–Crippen LogP) is -0.131. The maximum absolute atomic E-state index is 11.3. The Balaban J connectivity index is 2.35. The minimum atomic E-state index is -0.631. The maximum Gasteiger partial charge on any atom is 0.245 e. The molecule has 1 amide bonds. The first-order valence-electron chi connectivity index (χ1n) is 4.79. The number of aromatic nitrogens is 3. The van der Waals surface area contributed by atoms with E-state index in [1.807, 2.05) is 0 Å². The summed E-state index contributed by atoms with van der Waals surface area (Å²) in [5, 5.41) is 7.17. The van der Waals surface area contributed by atoms with Crippen LogP contribution < -0.4 is 10.6 Å². The van der Waals surface area contributed by atoms with Crippen LogP contribution in [0.3, 0.4) is 0 Å². The number of rotatable bonds is 2. The molecule has 7 nitrogen and oxygen atoms in total. The fourth-order valence-corrected chi connectivity index (χ4v) is 1.87. The van der Waals surface area contributed by atoms with Crippen molar-refractivity contribution in [2.24, 2.45) is 5.73 Å². The summed E-state index contributed by atoms with van der Waals surface area (Å²) >= 11 is 11.5. The van der Waals surface area contributed by atoms with E-state index in [4.69, 9.17) is 33.7 Å². The van der Waals surface area contributed by atoms with Crippen molar-refractivity contribution in [1.82, 2.24) is 15.2 Å². The lowest BCUT2D eigenvalue weighted by Crippen LogP contribution is -2.53. The molecule has 1 aliphatic rings. The maximum atomic E-state index is 11.3. The standard InChI is InChI=1S/C8H9Cl2N5O2/c9-5-7(12-8(10)14-13-5)15-1-2-17-3-4(15)6(11)16/h4H,1-3H2,(H2,11,16). The number of morpholine rings is 1. The third-order valence-corrected chi connectivity index (χ3v) is 2.74. The van der Waals surface area contributed by atoms with Crippen LogP contribution in [0.4, 0.5) is 5.82 Å². The zero-order valence-electron chi connectivity index (χ0n) is 8.64. The fourth-order valence-electron chi connectivity index (χ4n) is 1.56. The molecule has 9 heteroatoms. The molecule has 1 fully saturated rings. The highest BCUT2D eigenvalue weighted by molar-refractivity contribution is 6.32. The molecule has 0 spiro atoms. The molecule has 1 atom stereocenters. The van der Waals surface area contributed by atoms with Crippen LogP contribution in [0.25, 0.3) is 0 Å². The van der Waals surface area contributed by atoms with E-state index in [2.05, 4.69) is 15.2 Å². The number of carbonyl (C=O) groups excluding carboxylic acids is 1. The molecule has 92 valence electrons. The van der Waals surface area contributed by atoms with Gasteiger partial charge in [-0.2, -0.15) is 4.98 Å². The van der Waals surface area contributed by atoms with Gasteiger partial charge in [-0.1, -0.05) is 11.6 Å². The number of amides is 1. The monoisotopic (exact) mass is 277 g/mol. The minimum absolute atomic E-state index is 0.0425. The van der Waals surface area contributed by atoms with Crippen molar-refractivity contribution in [2.75, 3.05) is 24.7 Å². The number of anilines is 1. The number of carbonyl (C=O) groups is 1. The van der Waals surface area contributed by atoms with Crippen molar-refractivity contribution in [3.8, 4) is 0 Å². The number of hydrogen-bond acceptors (Lipinski definition) is 6. The Morgan fingerprint density at radius 1 is 1.47 bits per heavy atom. The third-order valence-electron chi connectivity index (χ3n) is 2.33. The molecule has 0 aromatic carbocycles. The Labute approximate surface area is 107 Å². The molecule has 0 aliphatic carbocycles. The first-order valence-corrected chi connectivity index (χ1v) is 5.54. The van der Waals surface area contributed by atoms with Crippen LogP contribution in [0.5, 0.6) is 0 Å². The second kappa shape index (κ2) is 4.99. The number of hydrogen-bond donors (Lipinski definition) is 1. The van der Waals surface area contributed by atoms with Crippen molar-refractivity contribution in [3.63, 3.8) is 0 Å². The first-order chi connectivity index (χ1) is 8.09. The lowest BCUT2D eigenvalue weighted by Gasteiger charge is -2.34. The highest BCUT2D eigenvalue weighted by Crippen LogP contribution is 2.24. The quantitative estimate of drug-likeness (QED) is 0.809. The van der Waals surface area contributed by atoms with Crippen molar-refractivity contribution >= 4 is 34.9 Å². The number of ether oxygens (including phenoxy) is 1. The van der Waals surface area contributed by atoms with E-state index in [-0.39, 0.29) is 17.0 Å². The molecule has 2 heterocycles. The molecule has 2 rings (SSSR count). The molecule has 0 bridgehead atoms. The molecule has 1 saturated heterocycles. The van der Waals surface area contributed by atoms with Gasteiger partial charge in [0.05, 0.1) is 13.2 Å². The average Bonchev–Trinajstić information content (AvgIpc) is 2.32. The first kappa shape index (κ1) is 12.3. The molecule has 17 heavy (non-hydrogen) atoms. The summed E-state index contributed by atoms with van der Waals surface area (Å²) in [4.78, 5) is 16.9. The van der Waals surface area contributed by atoms with Gasteiger partial charge in [-0.3, -0.25) is 4.79 Å². The zero-order chi connectivity index (χ0) is 12.4. The second-order valence-corrected chi connectivity index (χ2v) is 4.08. The van der Waals surface area contributed by atoms with Gasteiger partial charge in [0, 0.05) is 6.54 Å². The van der Waals surface area contributed by atoms with Crippen molar-refractivity contribution in [3.05, 3.63) is 10.4 Å². The van der Waals surface area contributed by atoms with E-state index in [0.29, 0.717) is 19.0 Å². The van der Waals surface area contributed by atoms with E-state index < -0.39 is 11.9 Å². The average molecular weight is 278 g/mol. The Kier molecular flexibility index (Phi) is 3.60. The Morgan fingerprint density at radius 2 is 2.24 bits per heavy atom. The number of halogens is 2. The Morgan fingerprint density at radius 3 is 2.94 bits per heavy atom. The van der Waals surface area contributed by atoms with E-state index in [0.717, 1.165) is 0 Å². The number of nitrogens with zero attached hydrogens (tertiary/aromatic N) is 4. The Bertz CT molecular complexity index is 444. The van der Waals surface area contributed by atoms with Crippen molar-refractivity contribution in [2.45, 2.75) is 6.04 Å². The molecule has 2 N–H and O–H groups in total. The van der Waals surface area contributed by atoms with E-state index >= 15 is 0 Å². The molecular weight excluding hydrogens is 269 g/mol. The van der Waals surface area contributed by atoms with Gasteiger partial charge in [-0.15, -0.1) is 10.2 Å². The van der Waals surface area contributed by atoms with Gasteiger partial charge in [0.25, 0.3) is 0 Å². The molecular formula is C8H9Cl2N5O2. The van der Waals surface area contributed by atoms with Crippen LogP contribution in [0.1, 0.15) is 0 Å². The zero-order valence-corrected chi connectivity index (χ0v) is 10.1. The van der Waals surface area contributed by atoms with Gasteiger partial charge >= 0.3 is 0 Å². The summed E-state index contributed by atoms with van der Waals surface area (Å²) in [5.41, 5.74) is 5.28. The molecule has 0 saturated carbocycles. The van der Waals surface area contributed by atoms with E-state index in [1.54, 1.807) is 4.90 Å².